The first kappa shape index (κ1) is 22.4. The number of morpholine rings is 1. The molecule has 4 rings (SSSR count). The summed E-state index contributed by atoms with van der Waals surface area (Å²) in [4.78, 5) is 26.7. The molecule has 0 spiro atoms. The van der Waals surface area contributed by atoms with Crippen LogP contribution in [-0.2, 0) is 16.1 Å². The maximum atomic E-state index is 12.5. The Balaban J connectivity index is 1.28. The van der Waals surface area contributed by atoms with Gasteiger partial charge in [-0.3, -0.25) is 9.59 Å². The molecule has 1 aliphatic heterocycles. The van der Waals surface area contributed by atoms with Gasteiger partial charge in [-0.25, -0.2) is 0 Å². The Hall–Kier alpha value is -3.84. The van der Waals surface area contributed by atoms with Gasteiger partial charge in [0.25, 0.3) is 5.91 Å². The Morgan fingerprint density at radius 3 is 2.33 bits per heavy atom. The Morgan fingerprint density at radius 2 is 1.58 bits per heavy atom. The van der Waals surface area contributed by atoms with Crippen molar-refractivity contribution in [2.45, 2.75) is 6.61 Å². The van der Waals surface area contributed by atoms with E-state index in [-0.39, 0.29) is 18.4 Å². The fraction of sp³-hybridized carbons (Fsp3) is 0.231. The number of para-hydroxylation sites is 2. The molecule has 1 saturated heterocycles. The third-order valence-corrected chi connectivity index (χ3v) is 5.28. The first-order valence-corrected chi connectivity index (χ1v) is 11.0. The molecule has 0 bridgehead atoms. The minimum atomic E-state index is -0.194. The van der Waals surface area contributed by atoms with Crippen molar-refractivity contribution in [1.82, 2.24) is 4.90 Å². The molecule has 0 saturated carbocycles. The number of ether oxygens (including phenoxy) is 2. The largest absolute Gasteiger partial charge is 0.487 e. The molecule has 0 aliphatic carbocycles. The summed E-state index contributed by atoms with van der Waals surface area (Å²) in [5, 5.41) is 5.98. The highest BCUT2D eigenvalue weighted by atomic mass is 16.5. The average Bonchev–Trinajstić information content (AvgIpc) is 2.88. The number of carbonyl (C=O) groups excluding carboxylic acids is 2. The van der Waals surface area contributed by atoms with Gasteiger partial charge in [-0.15, -0.1) is 0 Å². The Kier molecular flexibility index (Phi) is 7.56. The second-order valence-electron chi connectivity index (χ2n) is 7.65. The molecule has 33 heavy (non-hydrogen) atoms. The molecule has 1 aliphatic rings. The van der Waals surface area contributed by atoms with Crippen molar-refractivity contribution in [3.05, 3.63) is 90.0 Å². The molecule has 1 fully saturated rings. The van der Waals surface area contributed by atoms with E-state index in [0.29, 0.717) is 49.9 Å². The van der Waals surface area contributed by atoms with E-state index in [2.05, 4.69) is 10.6 Å². The lowest BCUT2D eigenvalue weighted by atomic mass is 10.1. The van der Waals surface area contributed by atoms with Gasteiger partial charge in [0.05, 0.1) is 25.4 Å². The van der Waals surface area contributed by atoms with E-state index in [1.54, 1.807) is 29.2 Å². The average molecular weight is 446 g/mol. The summed E-state index contributed by atoms with van der Waals surface area (Å²) in [5.74, 6) is 0.463. The summed E-state index contributed by atoms with van der Waals surface area (Å²) in [6.45, 7) is 2.85. The van der Waals surface area contributed by atoms with Crippen molar-refractivity contribution in [3.8, 4) is 5.75 Å². The molecule has 1 heterocycles. The summed E-state index contributed by atoms with van der Waals surface area (Å²) in [5.41, 5.74) is 3.04. The Bertz CT molecular complexity index is 1060. The first-order valence-electron chi connectivity index (χ1n) is 11.0. The zero-order valence-electron chi connectivity index (χ0n) is 18.3. The fourth-order valence-electron chi connectivity index (χ4n) is 3.50. The Labute approximate surface area is 193 Å². The minimum absolute atomic E-state index is 0.0232. The molecule has 2 amide bonds. The zero-order valence-corrected chi connectivity index (χ0v) is 18.3. The van der Waals surface area contributed by atoms with Gasteiger partial charge < -0.3 is 25.0 Å². The summed E-state index contributed by atoms with van der Waals surface area (Å²) < 4.78 is 11.2. The predicted octanol–water partition coefficient (Wildman–Crippen LogP) is 3.79. The number of hydrogen-bond acceptors (Lipinski definition) is 5. The quantitative estimate of drug-likeness (QED) is 0.552. The van der Waals surface area contributed by atoms with Crippen molar-refractivity contribution in [2.24, 2.45) is 0 Å². The number of amides is 2. The normalized spacial score (nSPS) is 13.3. The van der Waals surface area contributed by atoms with Crippen LogP contribution in [0.4, 0.5) is 11.4 Å². The zero-order chi connectivity index (χ0) is 22.9. The van der Waals surface area contributed by atoms with E-state index in [1.165, 1.54) is 0 Å². The first-order chi connectivity index (χ1) is 16.2. The number of hydrogen-bond donors (Lipinski definition) is 2. The van der Waals surface area contributed by atoms with E-state index in [4.69, 9.17) is 9.47 Å². The van der Waals surface area contributed by atoms with Crippen LogP contribution in [0.2, 0.25) is 0 Å². The molecule has 7 nitrogen and oxygen atoms in total. The number of rotatable bonds is 8. The number of benzene rings is 3. The second kappa shape index (κ2) is 11.2. The van der Waals surface area contributed by atoms with Crippen molar-refractivity contribution in [3.63, 3.8) is 0 Å². The van der Waals surface area contributed by atoms with Gasteiger partial charge in [0, 0.05) is 24.3 Å². The number of nitrogens with one attached hydrogen (secondary N) is 2. The van der Waals surface area contributed by atoms with Crippen LogP contribution >= 0.6 is 0 Å². The Morgan fingerprint density at radius 1 is 0.879 bits per heavy atom. The SMILES string of the molecule is O=C(CNc1ccccc1OCc1ccccc1)Nc1ccc(C(=O)N2CCOCC2)cc1. The van der Waals surface area contributed by atoms with Gasteiger partial charge in [0.15, 0.2) is 0 Å². The van der Waals surface area contributed by atoms with Gasteiger partial charge in [0.2, 0.25) is 5.91 Å². The van der Waals surface area contributed by atoms with Crippen molar-refractivity contribution >= 4 is 23.2 Å². The molecular weight excluding hydrogens is 418 g/mol. The van der Waals surface area contributed by atoms with Gasteiger partial charge in [-0.05, 0) is 42.0 Å². The van der Waals surface area contributed by atoms with E-state index in [1.807, 2.05) is 54.6 Å². The fourth-order valence-corrected chi connectivity index (χ4v) is 3.50. The minimum Gasteiger partial charge on any atom is -0.487 e. The van der Waals surface area contributed by atoms with Crippen LogP contribution in [0.5, 0.6) is 5.75 Å². The lowest BCUT2D eigenvalue weighted by Crippen LogP contribution is -2.40. The van der Waals surface area contributed by atoms with Crippen LogP contribution in [0.3, 0.4) is 0 Å². The molecule has 3 aromatic carbocycles. The molecule has 0 aromatic heterocycles. The molecular formula is C26H27N3O4. The summed E-state index contributed by atoms with van der Waals surface area (Å²) in [6.07, 6.45) is 0. The maximum Gasteiger partial charge on any atom is 0.254 e. The molecule has 7 heteroatoms. The highest BCUT2D eigenvalue weighted by Gasteiger charge is 2.18. The standard InChI is InChI=1S/C26H27N3O4/c30-25(28-22-12-10-21(11-13-22)26(31)29-14-16-32-17-15-29)18-27-23-8-4-5-9-24(23)33-19-20-6-2-1-3-7-20/h1-13,27H,14-19H2,(H,28,30). The van der Waals surface area contributed by atoms with Gasteiger partial charge in [0.1, 0.15) is 12.4 Å². The third kappa shape index (κ3) is 6.33. The molecule has 0 atom stereocenters. The lowest BCUT2D eigenvalue weighted by molar-refractivity contribution is -0.114. The van der Waals surface area contributed by atoms with Crippen LogP contribution in [-0.4, -0.2) is 49.6 Å². The maximum absolute atomic E-state index is 12.5. The van der Waals surface area contributed by atoms with Gasteiger partial charge in [-0.1, -0.05) is 42.5 Å². The molecule has 2 N–H and O–H groups in total. The lowest BCUT2D eigenvalue weighted by Gasteiger charge is -2.26. The number of carbonyl (C=O) groups is 2. The van der Waals surface area contributed by atoms with E-state index < -0.39 is 0 Å². The topological polar surface area (TPSA) is 79.9 Å². The summed E-state index contributed by atoms with van der Waals surface area (Å²) in [6, 6.07) is 24.4. The smallest absolute Gasteiger partial charge is 0.254 e. The summed E-state index contributed by atoms with van der Waals surface area (Å²) >= 11 is 0. The van der Waals surface area contributed by atoms with E-state index >= 15 is 0 Å². The van der Waals surface area contributed by atoms with Gasteiger partial charge >= 0.3 is 0 Å². The number of nitrogens with zero attached hydrogens (tertiary/aromatic N) is 1. The van der Waals surface area contributed by atoms with Crippen LogP contribution in [0.25, 0.3) is 0 Å². The summed E-state index contributed by atoms with van der Waals surface area (Å²) in [7, 11) is 0. The molecule has 3 aromatic rings. The molecule has 0 radical (unpaired) electrons. The van der Waals surface area contributed by atoms with Crippen LogP contribution in [0.15, 0.2) is 78.9 Å². The number of anilines is 2. The molecule has 170 valence electrons. The van der Waals surface area contributed by atoms with Crippen molar-refractivity contribution in [1.29, 1.82) is 0 Å². The van der Waals surface area contributed by atoms with E-state index in [9.17, 15) is 9.59 Å². The van der Waals surface area contributed by atoms with Crippen molar-refractivity contribution < 1.29 is 19.1 Å². The second-order valence-corrected chi connectivity index (χ2v) is 7.65. The third-order valence-electron chi connectivity index (χ3n) is 5.28. The van der Waals surface area contributed by atoms with Crippen molar-refractivity contribution in [2.75, 3.05) is 43.5 Å². The van der Waals surface area contributed by atoms with Crippen LogP contribution in [0, 0.1) is 0 Å². The highest BCUT2D eigenvalue weighted by Crippen LogP contribution is 2.24. The predicted molar refractivity (Wildman–Crippen MR) is 127 cm³/mol. The van der Waals surface area contributed by atoms with Crippen LogP contribution < -0.4 is 15.4 Å². The van der Waals surface area contributed by atoms with Crippen LogP contribution in [0.1, 0.15) is 15.9 Å². The monoisotopic (exact) mass is 445 g/mol. The highest BCUT2D eigenvalue weighted by molar-refractivity contribution is 5.96. The van der Waals surface area contributed by atoms with E-state index in [0.717, 1.165) is 11.3 Å². The molecule has 0 unspecified atom stereocenters. The van der Waals surface area contributed by atoms with Gasteiger partial charge in [-0.2, -0.15) is 0 Å².